The van der Waals surface area contributed by atoms with Gasteiger partial charge in [-0.25, -0.2) is 9.18 Å². The molecule has 1 heterocycles. The van der Waals surface area contributed by atoms with Crippen LogP contribution >= 0.6 is 0 Å². The summed E-state index contributed by atoms with van der Waals surface area (Å²) in [5, 5.41) is 4.82. The van der Waals surface area contributed by atoms with Crippen LogP contribution in [0.5, 0.6) is 0 Å². The largest absolute Gasteiger partial charge is 0.383 e. The summed E-state index contributed by atoms with van der Waals surface area (Å²) in [7, 11) is 1.53. The minimum atomic E-state index is -0.560. The van der Waals surface area contributed by atoms with E-state index in [1.807, 2.05) is 4.90 Å². The van der Waals surface area contributed by atoms with Gasteiger partial charge in [0.05, 0.1) is 19.3 Å². The molecule has 8 heteroatoms. The zero-order valence-corrected chi connectivity index (χ0v) is 15.0. The number of amides is 3. The molecule has 1 aromatic rings. The molecule has 1 aliphatic heterocycles. The summed E-state index contributed by atoms with van der Waals surface area (Å²) in [6, 6.07) is 5.71. The van der Waals surface area contributed by atoms with Crippen molar-refractivity contribution in [2.45, 2.75) is 25.5 Å². The lowest BCUT2D eigenvalue weighted by atomic mass is 10.1. The first kappa shape index (κ1) is 20.3. The van der Waals surface area contributed by atoms with E-state index in [2.05, 4.69) is 10.6 Å². The maximum absolute atomic E-state index is 13.4. The Balaban J connectivity index is 1.89. The summed E-state index contributed by atoms with van der Waals surface area (Å²) in [6.07, 6.45) is 1.97. The molecule has 1 saturated heterocycles. The lowest BCUT2D eigenvalue weighted by molar-refractivity contribution is -0.121. The normalized spacial score (nSPS) is 16.7. The lowest BCUT2D eigenvalue weighted by Crippen LogP contribution is -2.46. The Morgan fingerprint density at radius 2 is 2.27 bits per heavy atom. The number of rotatable bonds is 9. The van der Waals surface area contributed by atoms with Gasteiger partial charge in [-0.05, 0) is 30.5 Å². The molecule has 0 bridgehead atoms. The fourth-order valence-electron chi connectivity index (χ4n) is 2.83. The summed E-state index contributed by atoms with van der Waals surface area (Å²) < 4.78 is 23.9. The molecule has 1 aromatic carbocycles. The van der Waals surface area contributed by atoms with Gasteiger partial charge in [0, 0.05) is 33.4 Å². The van der Waals surface area contributed by atoms with Crippen molar-refractivity contribution < 1.29 is 23.5 Å². The average Bonchev–Trinajstić information content (AvgIpc) is 3.08. The number of ether oxygens (including phenoxy) is 2. The monoisotopic (exact) mass is 367 g/mol. The predicted molar refractivity (Wildman–Crippen MR) is 94.1 cm³/mol. The van der Waals surface area contributed by atoms with E-state index in [-0.39, 0.29) is 18.5 Å². The summed E-state index contributed by atoms with van der Waals surface area (Å²) in [6.45, 7) is 2.37. The average molecular weight is 367 g/mol. The fraction of sp³-hybridized carbons (Fsp3) is 0.556. The van der Waals surface area contributed by atoms with Crippen LogP contribution in [0.4, 0.5) is 9.18 Å². The molecule has 0 spiro atoms. The number of nitrogens with zero attached hydrogens (tertiary/aromatic N) is 1. The number of hydrogen-bond acceptors (Lipinski definition) is 5. The van der Waals surface area contributed by atoms with Crippen molar-refractivity contribution in [3.8, 4) is 0 Å². The minimum absolute atomic E-state index is 0.0219. The number of methoxy groups -OCH3 is 1. The van der Waals surface area contributed by atoms with Crippen LogP contribution in [0.25, 0.3) is 0 Å². The van der Waals surface area contributed by atoms with Crippen LogP contribution in [0, 0.1) is 5.82 Å². The number of benzene rings is 1. The number of hydrogen-bond donors (Lipinski definition) is 2. The van der Waals surface area contributed by atoms with Gasteiger partial charge in [0.2, 0.25) is 5.91 Å². The topological polar surface area (TPSA) is 79.9 Å². The highest BCUT2D eigenvalue weighted by molar-refractivity contribution is 5.95. The zero-order valence-electron chi connectivity index (χ0n) is 15.0. The number of imide groups is 1. The molecular weight excluding hydrogens is 341 g/mol. The van der Waals surface area contributed by atoms with Gasteiger partial charge < -0.3 is 14.8 Å². The van der Waals surface area contributed by atoms with E-state index in [0.29, 0.717) is 32.8 Å². The molecule has 1 atom stereocenters. The van der Waals surface area contributed by atoms with Crippen molar-refractivity contribution in [2.24, 2.45) is 0 Å². The second-order valence-electron chi connectivity index (χ2n) is 6.23. The van der Waals surface area contributed by atoms with Crippen LogP contribution in [0.2, 0.25) is 0 Å². The van der Waals surface area contributed by atoms with E-state index in [1.165, 1.54) is 19.2 Å². The lowest BCUT2D eigenvalue weighted by Gasteiger charge is -2.24. The zero-order chi connectivity index (χ0) is 18.8. The summed E-state index contributed by atoms with van der Waals surface area (Å²) in [4.78, 5) is 25.7. The van der Waals surface area contributed by atoms with Gasteiger partial charge in [-0.3, -0.25) is 15.0 Å². The van der Waals surface area contributed by atoms with E-state index in [4.69, 9.17) is 9.47 Å². The third-order valence-corrected chi connectivity index (χ3v) is 3.99. The number of carbonyl (C=O) groups is 2. The van der Waals surface area contributed by atoms with Gasteiger partial charge in [0.1, 0.15) is 5.82 Å². The van der Waals surface area contributed by atoms with Crippen molar-refractivity contribution in [3.05, 3.63) is 35.6 Å². The molecular formula is C18H26FN3O4. The van der Waals surface area contributed by atoms with Crippen LogP contribution in [-0.2, 0) is 20.8 Å². The van der Waals surface area contributed by atoms with E-state index >= 15 is 0 Å². The van der Waals surface area contributed by atoms with Gasteiger partial charge in [-0.2, -0.15) is 0 Å². The highest BCUT2D eigenvalue weighted by Crippen LogP contribution is 2.15. The summed E-state index contributed by atoms with van der Waals surface area (Å²) in [5.74, 6) is -0.740. The van der Waals surface area contributed by atoms with E-state index < -0.39 is 11.9 Å². The van der Waals surface area contributed by atoms with Crippen molar-refractivity contribution in [2.75, 3.05) is 40.0 Å². The maximum Gasteiger partial charge on any atom is 0.321 e. The van der Waals surface area contributed by atoms with Gasteiger partial charge in [0.25, 0.3) is 0 Å². The van der Waals surface area contributed by atoms with Crippen molar-refractivity contribution >= 4 is 11.9 Å². The van der Waals surface area contributed by atoms with Crippen molar-refractivity contribution in [1.29, 1.82) is 0 Å². The van der Waals surface area contributed by atoms with E-state index in [0.717, 1.165) is 18.4 Å². The van der Waals surface area contributed by atoms with Gasteiger partial charge in [-0.15, -0.1) is 0 Å². The highest BCUT2D eigenvalue weighted by atomic mass is 19.1. The minimum Gasteiger partial charge on any atom is -0.383 e. The highest BCUT2D eigenvalue weighted by Gasteiger charge is 2.21. The standard InChI is InChI=1S/C18H26FN3O4/c1-25-9-7-20-18(24)21-17(23)13-22(12-16-6-3-8-26-16)11-14-4-2-5-15(19)10-14/h2,4-5,10,16H,3,6-9,11-13H2,1H3,(H2,20,21,23,24). The first-order chi connectivity index (χ1) is 12.6. The Kier molecular flexibility index (Phi) is 8.46. The number of halogens is 1. The number of nitrogens with one attached hydrogen (secondary N) is 2. The van der Waals surface area contributed by atoms with Crippen LogP contribution in [-0.4, -0.2) is 62.9 Å². The van der Waals surface area contributed by atoms with Gasteiger partial charge in [0.15, 0.2) is 0 Å². The molecule has 144 valence electrons. The number of carbonyl (C=O) groups excluding carboxylic acids is 2. The predicted octanol–water partition coefficient (Wildman–Crippen LogP) is 1.28. The summed E-state index contributed by atoms with van der Waals surface area (Å²) >= 11 is 0. The smallest absolute Gasteiger partial charge is 0.321 e. The molecule has 0 radical (unpaired) electrons. The molecule has 1 aliphatic rings. The quantitative estimate of drug-likeness (QED) is 0.643. The Bertz CT molecular complexity index is 594. The van der Waals surface area contributed by atoms with E-state index in [1.54, 1.807) is 12.1 Å². The molecule has 0 aliphatic carbocycles. The molecule has 1 fully saturated rings. The van der Waals surface area contributed by atoms with Crippen LogP contribution in [0.1, 0.15) is 18.4 Å². The van der Waals surface area contributed by atoms with Crippen LogP contribution in [0.15, 0.2) is 24.3 Å². The number of urea groups is 1. The SMILES string of the molecule is COCCNC(=O)NC(=O)CN(Cc1cccc(F)c1)CC1CCCO1. The van der Waals surface area contributed by atoms with Crippen molar-refractivity contribution in [1.82, 2.24) is 15.5 Å². The molecule has 3 amide bonds. The third kappa shape index (κ3) is 7.47. The van der Waals surface area contributed by atoms with Crippen LogP contribution in [0.3, 0.4) is 0 Å². The Hall–Kier alpha value is -2.03. The second kappa shape index (κ2) is 10.8. The summed E-state index contributed by atoms with van der Waals surface area (Å²) in [5.41, 5.74) is 0.764. The van der Waals surface area contributed by atoms with Crippen molar-refractivity contribution in [3.63, 3.8) is 0 Å². The molecule has 7 nitrogen and oxygen atoms in total. The molecule has 26 heavy (non-hydrogen) atoms. The third-order valence-electron chi connectivity index (χ3n) is 3.99. The second-order valence-corrected chi connectivity index (χ2v) is 6.23. The first-order valence-corrected chi connectivity index (χ1v) is 8.72. The van der Waals surface area contributed by atoms with Crippen LogP contribution < -0.4 is 10.6 Å². The van der Waals surface area contributed by atoms with Gasteiger partial charge in [-0.1, -0.05) is 12.1 Å². The molecule has 2 rings (SSSR count). The van der Waals surface area contributed by atoms with E-state index in [9.17, 15) is 14.0 Å². The molecule has 0 aromatic heterocycles. The Morgan fingerprint density at radius 3 is 2.96 bits per heavy atom. The first-order valence-electron chi connectivity index (χ1n) is 8.72. The molecule has 1 unspecified atom stereocenters. The fourth-order valence-corrected chi connectivity index (χ4v) is 2.83. The molecule has 0 saturated carbocycles. The Morgan fingerprint density at radius 1 is 1.42 bits per heavy atom. The molecule has 2 N–H and O–H groups in total. The maximum atomic E-state index is 13.4. The van der Waals surface area contributed by atoms with Gasteiger partial charge >= 0.3 is 6.03 Å². The Labute approximate surface area is 152 Å².